The van der Waals surface area contributed by atoms with Crippen LogP contribution in [0.4, 0.5) is 0 Å². The van der Waals surface area contributed by atoms with Crippen LogP contribution >= 0.6 is 35.0 Å². The van der Waals surface area contributed by atoms with Gasteiger partial charge in [0, 0.05) is 15.8 Å². The minimum Gasteiger partial charge on any atom is -0.349 e. The number of halogens is 2. The van der Waals surface area contributed by atoms with Gasteiger partial charge in [0.25, 0.3) is 0 Å². The standard InChI is InChI=1S/C19H21Cl2NOS/c1-3-14-7-9-15(10-8-14)13(2)22-19(23)12-24-11-16-17(20)5-4-6-18(16)21/h4-10,13H,3,11-12H2,1-2H3,(H,22,23). The third-order valence-corrected chi connectivity index (χ3v) is 5.47. The highest BCUT2D eigenvalue weighted by Crippen LogP contribution is 2.28. The Kier molecular flexibility index (Phi) is 7.47. The summed E-state index contributed by atoms with van der Waals surface area (Å²) in [5.41, 5.74) is 3.28. The second kappa shape index (κ2) is 9.36. The van der Waals surface area contributed by atoms with E-state index >= 15 is 0 Å². The van der Waals surface area contributed by atoms with Crippen LogP contribution in [0.2, 0.25) is 10.0 Å². The number of amides is 1. The van der Waals surface area contributed by atoms with E-state index in [0.29, 0.717) is 21.6 Å². The largest absolute Gasteiger partial charge is 0.349 e. The van der Waals surface area contributed by atoms with Gasteiger partial charge in [-0.3, -0.25) is 4.79 Å². The molecular weight excluding hydrogens is 361 g/mol. The highest BCUT2D eigenvalue weighted by Gasteiger charge is 2.11. The molecule has 24 heavy (non-hydrogen) atoms. The number of hydrogen-bond acceptors (Lipinski definition) is 2. The maximum Gasteiger partial charge on any atom is 0.230 e. The summed E-state index contributed by atoms with van der Waals surface area (Å²) in [6, 6.07) is 13.8. The van der Waals surface area contributed by atoms with Crippen LogP contribution in [0.3, 0.4) is 0 Å². The van der Waals surface area contributed by atoms with Crippen molar-refractivity contribution in [1.29, 1.82) is 0 Å². The number of thioether (sulfide) groups is 1. The number of nitrogens with one attached hydrogen (secondary N) is 1. The van der Waals surface area contributed by atoms with Crippen molar-refractivity contribution in [1.82, 2.24) is 5.32 Å². The molecule has 1 atom stereocenters. The molecule has 2 nitrogen and oxygen atoms in total. The number of carbonyl (C=O) groups is 1. The lowest BCUT2D eigenvalue weighted by Gasteiger charge is -2.15. The van der Waals surface area contributed by atoms with Gasteiger partial charge in [-0.1, -0.05) is 60.5 Å². The predicted molar refractivity (Wildman–Crippen MR) is 105 cm³/mol. The molecule has 0 aliphatic rings. The molecule has 2 rings (SSSR count). The van der Waals surface area contributed by atoms with Gasteiger partial charge >= 0.3 is 0 Å². The summed E-state index contributed by atoms with van der Waals surface area (Å²) < 4.78 is 0. The topological polar surface area (TPSA) is 29.1 Å². The maximum absolute atomic E-state index is 12.1. The molecule has 2 aromatic rings. The van der Waals surface area contributed by atoms with Crippen LogP contribution < -0.4 is 5.32 Å². The zero-order valence-electron chi connectivity index (χ0n) is 13.8. The van der Waals surface area contributed by atoms with Crippen molar-refractivity contribution < 1.29 is 4.79 Å². The zero-order valence-corrected chi connectivity index (χ0v) is 16.1. The summed E-state index contributed by atoms with van der Waals surface area (Å²) >= 11 is 13.8. The molecule has 0 bridgehead atoms. The number of rotatable bonds is 7. The van der Waals surface area contributed by atoms with E-state index in [9.17, 15) is 4.79 Å². The number of hydrogen-bond donors (Lipinski definition) is 1. The fraction of sp³-hybridized carbons (Fsp3) is 0.316. The molecule has 0 fully saturated rings. The Bertz CT molecular complexity index is 668. The normalized spacial score (nSPS) is 12.0. The first-order valence-corrected chi connectivity index (χ1v) is 9.81. The predicted octanol–water partition coefficient (Wildman–Crippen LogP) is 5.67. The highest BCUT2D eigenvalue weighted by molar-refractivity contribution is 7.99. The van der Waals surface area contributed by atoms with E-state index in [4.69, 9.17) is 23.2 Å². The molecule has 1 amide bonds. The molecule has 2 aromatic carbocycles. The number of carbonyl (C=O) groups excluding carboxylic acids is 1. The average molecular weight is 382 g/mol. The highest BCUT2D eigenvalue weighted by atomic mass is 35.5. The molecule has 0 saturated carbocycles. The minimum atomic E-state index is -0.00657. The van der Waals surface area contributed by atoms with E-state index in [1.165, 1.54) is 17.3 Å². The summed E-state index contributed by atoms with van der Waals surface area (Å²) in [4.78, 5) is 12.1. The van der Waals surface area contributed by atoms with E-state index < -0.39 is 0 Å². The van der Waals surface area contributed by atoms with Crippen LogP contribution in [-0.2, 0) is 17.0 Å². The first kappa shape index (κ1) is 19.2. The Morgan fingerprint density at radius 1 is 1.12 bits per heavy atom. The first-order valence-electron chi connectivity index (χ1n) is 7.90. The Morgan fingerprint density at radius 2 is 1.75 bits per heavy atom. The van der Waals surface area contributed by atoms with Crippen molar-refractivity contribution >= 4 is 40.9 Å². The molecule has 5 heteroatoms. The molecule has 1 N–H and O–H groups in total. The lowest BCUT2D eigenvalue weighted by Crippen LogP contribution is -2.28. The number of aryl methyl sites for hydroxylation is 1. The van der Waals surface area contributed by atoms with Gasteiger partial charge in [0.15, 0.2) is 0 Å². The zero-order chi connectivity index (χ0) is 17.5. The van der Waals surface area contributed by atoms with E-state index in [1.807, 2.05) is 25.1 Å². The van der Waals surface area contributed by atoms with E-state index in [2.05, 4.69) is 36.5 Å². The fourth-order valence-electron chi connectivity index (χ4n) is 2.32. The monoisotopic (exact) mass is 381 g/mol. The summed E-state index contributed by atoms with van der Waals surface area (Å²) in [6.45, 7) is 4.12. The SMILES string of the molecule is CCc1ccc(C(C)NC(=O)CSCc2c(Cl)cccc2Cl)cc1. The van der Waals surface area contributed by atoms with Crippen molar-refractivity contribution in [3.05, 3.63) is 69.2 Å². The smallest absolute Gasteiger partial charge is 0.230 e. The summed E-state index contributed by atoms with van der Waals surface area (Å²) in [7, 11) is 0. The van der Waals surface area contributed by atoms with Gasteiger partial charge in [0.2, 0.25) is 5.91 Å². The van der Waals surface area contributed by atoms with Gasteiger partial charge in [-0.15, -0.1) is 11.8 Å². The molecular formula is C19H21Cl2NOS. The number of benzene rings is 2. The molecule has 0 saturated heterocycles. The van der Waals surface area contributed by atoms with Gasteiger partial charge in [0.05, 0.1) is 11.8 Å². The molecule has 0 aliphatic heterocycles. The first-order chi connectivity index (χ1) is 11.5. The second-order valence-electron chi connectivity index (χ2n) is 5.58. The van der Waals surface area contributed by atoms with Gasteiger partial charge in [-0.25, -0.2) is 0 Å². The van der Waals surface area contributed by atoms with Crippen LogP contribution in [0.1, 0.15) is 36.6 Å². The molecule has 128 valence electrons. The third kappa shape index (κ3) is 5.44. The van der Waals surface area contributed by atoms with E-state index in [0.717, 1.165) is 17.5 Å². The summed E-state index contributed by atoms with van der Waals surface area (Å²) in [5, 5.41) is 4.30. The van der Waals surface area contributed by atoms with Crippen LogP contribution in [0.5, 0.6) is 0 Å². The van der Waals surface area contributed by atoms with Crippen LogP contribution in [-0.4, -0.2) is 11.7 Å². The molecule has 0 spiro atoms. The van der Waals surface area contributed by atoms with Crippen molar-refractivity contribution in [3.63, 3.8) is 0 Å². The van der Waals surface area contributed by atoms with Gasteiger partial charge < -0.3 is 5.32 Å². The Morgan fingerprint density at radius 3 is 2.33 bits per heavy atom. The summed E-state index contributed by atoms with van der Waals surface area (Å²) in [6.07, 6.45) is 1.02. The molecule has 0 radical (unpaired) electrons. The summed E-state index contributed by atoms with van der Waals surface area (Å²) in [5.74, 6) is 1.00. The Hall–Kier alpha value is -1.16. The average Bonchev–Trinajstić information content (AvgIpc) is 2.57. The van der Waals surface area contributed by atoms with Crippen molar-refractivity contribution in [2.75, 3.05) is 5.75 Å². The van der Waals surface area contributed by atoms with Crippen molar-refractivity contribution in [2.24, 2.45) is 0 Å². The van der Waals surface area contributed by atoms with E-state index in [-0.39, 0.29) is 11.9 Å². The lowest BCUT2D eigenvalue weighted by molar-refractivity contribution is -0.119. The Balaban J connectivity index is 1.82. The molecule has 0 aromatic heterocycles. The van der Waals surface area contributed by atoms with Gasteiger partial charge in [0.1, 0.15) is 0 Å². The van der Waals surface area contributed by atoms with Crippen LogP contribution in [0.15, 0.2) is 42.5 Å². The van der Waals surface area contributed by atoms with Crippen LogP contribution in [0, 0.1) is 0 Å². The van der Waals surface area contributed by atoms with Crippen molar-refractivity contribution in [2.45, 2.75) is 32.1 Å². The second-order valence-corrected chi connectivity index (χ2v) is 7.38. The van der Waals surface area contributed by atoms with Gasteiger partial charge in [-0.2, -0.15) is 0 Å². The fourth-order valence-corrected chi connectivity index (χ4v) is 3.90. The molecule has 1 unspecified atom stereocenters. The minimum absolute atomic E-state index is 0.00657. The van der Waals surface area contributed by atoms with E-state index in [1.54, 1.807) is 0 Å². The Labute approximate surface area is 157 Å². The van der Waals surface area contributed by atoms with Gasteiger partial charge in [-0.05, 0) is 42.2 Å². The molecule has 0 heterocycles. The van der Waals surface area contributed by atoms with Crippen molar-refractivity contribution in [3.8, 4) is 0 Å². The lowest BCUT2D eigenvalue weighted by atomic mass is 10.1. The maximum atomic E-state index is 12.1. The third-order valence-electron chi connectivity index (χ3n) is 3.81. The van der Waals surface area contributed by atoms with Crippen LogP contribution in [0.25, 0.3) is 0 Å². The quantitative estimate of drug-likeness (QED) is 0.669. The molecule has 0 aliphatic carbocycles.